The van der Waals surface area contributed by atoms with Gasteiger partial charge in [0.1, 0.15) is 5.52 Å². The summed E-state index contributed by atoms with van der Waals surface area (Å²) >= 11 is 3.29. The van der Waals surface area contributed by atoms with Crippen LogP contribution >= 0.6 is 15.9 Å². The van der Waals surface area contributed by atoms with Crippen LogP contribution < -0.4 is 5.73 Å². The number of rotatable bonds is 2. The van der Waals surface area contributed by atoms with Crippen LogP contribution in [-0.2, 0) is 11.9 Å². The smallest absolute Gasteiger partial charge is 0.206 e. The van der Waals surface area contributed by atoms with E-state index in [-0.39, 0.29) is 0 Å². The standard InChI is InChI=1S/C9H9BrN2O/c10-4-8-12-7-3-1-2-6(5-11)9(7)13-8/h1-3H,4-5,11H2. The van der Waals surface area contributed by atoms with Crippen molar-refractivity contribution in [2.75, 3.05) is 0 Å². The average molecular weight is 241 g/mol. The molecule has 1 aromatic heterocycles. The van der Waals surface area contributed by atoms with Crippen LogP contribution in [0.2, 0.25) is 0 Å². The number of benzene rings is 1. The van der Waals surface area contributed by atoms with E-state index in [1.807, 2.05) is 18.2 Å². The summed E-state index contributed by atoms with van der Waals surface area (Å²) in [5, 5.41) is 0.631. The van der Waals surface area contributed by atoms with Gasteiger partial charge >= 0.3 is 0 Å². The number of hydrogen-bond donors (Lipinski definition) is 1. The topological polar surface area (TPSA) is 52.0 Å². The summed E-state index contributed by atoms with van der Waals surface area (Å²) in [6.45, 7) is 0.480. The molecule has 0 aliphatic rings. The van der Waals surface area contributed by atoms with E-state index < -0.39 is 0 Å². The Hall–Kier alpha value is -0.870. The molecule has 1 heterocycles. The fraction of sp³-hybridized carbons (Fsp3) is 0.222. The highest BCUT2D eigenvalue weighted by molar-refractivity contribution is 9.08. The van der Waals surface area contributed by atoms with E-state index in [0.29, 0.717) is 17.8 Å². The monoisotopic (exact) mass is 240 g/mol. The first-order chi connectivity index (χ1) is 6.35. The molecule has 0 bridgehead atoms. The minimum Gasteiger partial charge on any atom is -0.439 e. The largest absolute Gasteiger partial charge is 0.439 e. The lowest BCUT2D eigenvalue weighted by atomic mass is 10.2. The molecule has 0 spiro atoms. The Morgan fingerprint density at radius 3 is 3.00 bits per heavy atom. The van der Waals surface area contributed by atoms with Crippen molar-refractivity contribution in [3.8, 4) is 0 Å². The van der Waals surface area contributed by atoms with Gasteiger partial charge in [0, 0.05) is 12.1 Å². The zero-order valence-corrected chi connectivity index (χ0v) is 8.54. The van der Waals surface area contributed by atoms with Gasteiger partial charge in [-0.1, -0.05) is 28.1 Å². The van der Waals surface area contributed by atoms with Gasteiger partial charge in [-0.15, -0.1) is 0 Å². The van der Waals surface area contributed by atoms with Crippen molar-refractivity contribution in [2.45, 2.75) is 11.9 Å². The number of hydrogen-bond acceptors (Lipinski definition) is 3. The number of alkyl halides is 1. The van der Waals surface area contributed by atoms with Gasteiger partial charge in [0.05, 0.1) is 5.33 Å². The van der Waals surface area contributed by atoms with E-state index in [4.69, 9.17) is 10.2 Å². The van der Waals surface area contributed by atoms with Gasteiger partial charge in [0.15, 0.2) is 5.58 Å². The van der Waals surface area contributed by atoms with Crippen LogP contribution in [0.4, 0.5) is 0 Å². The molecule has 0 amide bonds. The number of oxazole rings is 1. The zero-order chi connectivity index (χ0) is 9.26. The first-order valence-electron chi connectivity index (χ1n) is 3.98. The fourth-order valence-electron chi connectivity index (χ4n) is 1.27. The maximum atomic E-state index is 5.57. The lowest BCUT2D eigenvalue weighted by molar-refractivity contribution is 0.554. The van der Waals surface area contributed by atoms with E-state index in [1.165, 1.54) is 0 Å². The number of para-hydroxylation sites is 1. The second-order valence-corrected chi connectivity index (χ2v) is 3.27. The third kappa shape index (κ3) is 1.47. The number of halogens is 1. The number of fused-ring (bicyclic) bond motifs is 1. The highest BCUT2D eigenvalue weighted by atomic mass is 79.9. The summed E-state index contributed by atoms with van der Waals surface area (Å²) in [6.07, 6.45) is 0. The average Bonchev–Trinajstić information content (AvgIpc) is 2.59. The van der Waals surface area contributed by atoms with Gasteiger partial charge in [-0.3, -0.25) is 0 Å². The molecule has 68 valence electrons. The predicted octanol–water partition coefficient (Wildman–Crippen LogP) is 2.18. The van der Waals surface area contributed by atoms with Crippen LogP contribution in [0, 0.1) is 0 Å². The molecule has 2 rings (SSSR count). The van der Waals surface area contributed by atoms with Crippen molar-refractivity contribution in [2.24, 2.45) is 5.73 Å². The lowest BCUT2D eigenvalue weighted by Gasteiger charge is -1.94. The summed E-state index contributed by atoms with van der Waals surface area (Å²) in [5.74, 6) is 0.691. The molecule has 2 N–H and O–H groups in total. The number of nitrogens with zero attached hydrogens (tertiary/aromatic N) is 1. The van der Waals surface area contributed by atoms with Gasteiger partial charge in [-0.2, -0.15) is 0 Å². The van der Waals surface area contributed by atoms with E-state index in [2.05, 4.69) is 20.9 Å². The third-order valence-corrected chi connectivity index (χ3v) is 2.35. The Bertz CT molecular complexity index is 424. The molecule has 0 saturated heterocycles. The number of nitrogens with two attached hydrogens (primary N) is 1. The van der Waals surface area contributed by atoms with Crippen LogP contribution in [0.5, 0.6) is 0 Å². The van der Waals surface area contributed by atoms with Crippen LogP contribution in [0.3, 0.4) is 0 Å². The van der Waals surface area contributed by atoms with E-state index in [9.17, 15) is 0 Å². The molecule has 2 aromatic rings. The maximum absolute atomic E-state index is 5.57. The van der Waals surface area contributed by atoms with E-state index in [1.54, 1.807) is 0 Å². The summed E-state index contributed by atoms with van der Waals surface area (Å²) in [5.41, 5.74) is 8.24. The predicted molar refractivity (Wildman–Crippen MR) is 54.5 cm³/mol. The summed E-state index contributed by atoms with van der Waals surface area (Å²) in [4.78, 5) is 4.27. The number of aromatic nitrogens is 1. The molecule has 0 fully saturated rings. The normalized spacial score (nSPS) is 10.9. The quantitative estimate of drug-likeness (QED) is 0.820. The van der Waals surface area contributed by atoms with Gasteiger partial charge in [0.2, 0.25) is 5.89 Å². The molecule has 3 nitrogen and oxygen atoms in total. The zero-order valence-electron chi connectivity index (χ0n) is 6.96. The van der Waals surface area contributed by atoms with Crippen LogP contribution in [0.15, 0.2) is 22.6 Å². The van der Waals surface area contributed by atoms with Crippen LogP contribution in [-0.4, -0.2) is 4.98 Å². The summed E-state index contributed by atoms with van der Waals surface area (Å²) in [6, 6.07) is 5.81. The van der Waals surface area contributed by atoms with Crippen molar-refractivity contribution in [1.29, 1.82) is 0 Å². The molecule has 0 aliphatic heterocycles. The van der Waals surface area contributed by atoms with Gasteiger partial charge < -0.3 is 10.2 Å². The molecule has 0 unspecified atom stereocenters. The molecule has 1 aromatic carbocycles. The Balaban J connectivity index is 2.67. The molecule has 0 saturated carbocycles. The second kappa shape index (κ2) is 3.47. The molecule has 4 heteroatoms. The molecule has 0 aliphatic carbocycles. The van der Waals surface area contributed by atoms with E-state index >= 15 is 0 Å². The van der Waals surface area contributed by atoms with Gasteiger partial charge in [-0.05, 0) is 6.07 Å². The molecular formula is C9H9BrN2O. The molecular weight excluding hydrogens is 232 g/mol. The minimum atomic E-state index is 0.480. The fourth-order valence-corrected chi connectivity index (χ4v) is 1.51. The van der Waals surface area contributed by atoms with Crippen LogP contribution in [0.1, 0.15) is 11.5 Å². The van der Waals surface area contributed by atoms with E-state index in [0.717, 1.165) is 16.7 Å². The third-order valence-electron chi connectivity index (χ3n) is 1.88. The Morgan fingerprint density at radius 1 is 1.46 bits per heavy atom. The molecule has 0 radical (unpaired) electrons. The Labute approximate surface area is 84.1 Å². The first kappa shape index (κ1) is 8.72. The highest BCUT2D eigenvalue weighted by Gasteiger charge is 2.07. The van der Waals surface area contributed by atoms with Crippen LogP contribution in [0.25, 0.3) is 11.1 Å². The van der Waals surface area contributed by atoms with Crippen molar-refractivity contribution in [3.63, 3.8) is 0 Å². The van der Waals surface area contributed by atoms with Gasteiger partial charge in [-0.25, -0.2) is 4.98 Å². The lowest BCUT2D eigenvalue weighted by Crippen LogP contribution is -1.95. The van der Waals surface area contributed by atoms with Crippen molar-refractivity contribution >= 4 is 27.0 Å². The maximum Gasteiger partial charge on any atom is 0.206 e. The van der Waals surface area contributed by atoms with Crippen molar-refractivity contribution in [1.82, 2.24) is 4.98 Å². The summed E-state index contributed by atoms with van der Waals surface area (Å²) in [7, 11) is 0. The van der Waals surface area contributed by atoms with Crippen molar-refractivity contribution in [3.05, 3.63) is 29.7 Å². The Morgan fingerprint density at radius 2 is 2.31 bits per heavy atom. The molecule has 0 atom stereocenters. The summed E-state index contributed by atoms with van der Waals surface area (Å²) < 4.78 is 5.50. The second-order valence-electron chi connectivity index (χ2n) is 2.71. The Kier molecular flexibility index (Phi) is 2.33. The van der Waals surface area contributed by atoms with Crippen molar-refractivity contribution < 1.29 is 4.42 Å². The minimum absolute atomic E-state index is 0.480. The highest BCUT2D eigenvalue weighted by Crippen LogP contribution is 2.20. The molecule has 13 heavy (non-hydrogen) atoms. The SMILES string of the molecule is NCc1cccc2nc(CBr)oc12. The first-order valence-corrected chi connectivity index (χ1v) is 5.10. The van der Waals surface area contributed by atoms with Gasteiger partial charge in [0.25, 0.3) is 0 Å².